The van der Waals surface area contributed by atoms with Crippen LogP contribution in [0.5, 0.6) is 0 Å². The standard InChI is InChI=1S/C14H17ClN2O2/c1-17(8-11(18)9-19-2)13-7-10-5-3-4-6-12(10)14(15)16-13/h3-7,11,18H,8-9H2,1-2H3/t11-/m0/s1. The molecule has 5 heteroatoms. The van der Waals surface area contributed by atoms with Crippen LogP contribution in [-0.2, 0) is 4.74 Å². The molecule has 4 nitrogen and oxygen atoms in total. The lowest BCUT2D eigenvalue weighted by Gasteiger charge is -2.22. The van der Waals surface area contributed by atoms with Gasteiger partial charge in [-0.2, -0.15) is 0 Å². The molecule has 0 aliphatic heterocycles. The van der Waals surface area contributed by atoms with Crippen molar-refractivity contribution in [1.82, 2.24) is 4.98 Å². The van der Waals surface area contributed by atoms with E-state index >= 15 is 0 Å². The second-order valence-corrected chi connectivity index (χ2v) is 4.84. The highest BCUT2D eigenvalue weighted by molar-refractivity contribution is 6.34. The summed E-state index contributed by atoms with van der Waals surface area (Å²) in [5.41, 5.74) is 0. The number of aromatic nitrogens is 1. The summed E-state index contributed by atoms with van der Waals surface area (Å²) >= 11 is 6.18. The van der Waals surface area contributed by atoms with Crippen LogP contribution in [0.3, 0.4) is 0 Å². The maximum Gasteiger partial charge on any atom is 0.139 e. The number of halogens is 1. The molecule has 0 unspecified atom stereocenters. The fourth-order valence-corrected chi connectivity index (χ4v) is 2.25. The van der Waals surface area contributed by atoms with Crippen LogP contribution < -0.4 is 4.90 Å². The third-order valence-corrected chi connectivity index (χ3v) is 3.20. The molecule has 0 saturated heterocycles. The van der Waals surface area contributed by atoms with Crippen molar-refractivity contribution in [1.29, 1.82) is 0 Å². The van der Waals surface area contributed by atoms with E-state index in [1.807, 2.05) is 42.3 Å². The van der Waals surface area contributed by atoms with Gasteiger partial charge in [-0.3, -0.25) is 0 Å². The Balaban J connectivity index is 2.25. The molecule has 1 aromatic heterocycles. The monoisotopic (exact) mass is 280 g/mol. The summed E-state index contributed by atoms with van der Waals surface area (Å²) in [6.45, 7) is 0.737. The fourth-order valence-electron chi connectivity index (χ4n) is 1.99. The summed E-state index contributed by atoms with van der Waals surface area (Å²) in [5, 5.41) is 12.2. The normalized spacial score (nSPS) is 12.6. The zero-order valence-electron chi connectivity index (χ0n) is 11.0. The van der Waals surface area contributed by atoms with Crippen molar-refractivity contribution in [3.8, 4) is 0 Å². The van der Waals surface area contributed by atoms with Crippen LogP contribution in [0.1, 0.15) is 0 Å². The first-order chi connectivity index (χ1) is 9.11. The number of fused-ring (bicyclic) bond motifs is 1. The highest BCUT2D eigenvalue weighted by atomic mass is 35.5. The highest BCUT2D eigenvalue weighted by Gasteiger charge is 2.11. The van der Waals surface area contributed by atoms with Gasteiger partial charge in [0.25, 0.3) is 0 Å². The van der Waals surface area contributed by atoms with Crippen molar-refractivity contribution in [2.75, 3.05) is 32.2 Å². The molecule has 2 aromatic rings. The molecule has 1 heterocycles. The average Bonchev–Trinajstić information content (AvgIpc) is 2.39. The Morgan fingerprint density at radius 1 is 1.42 bits per heavy atom. The van der Waals surface area contributed by atoms with E-state index in [2.05, 4.69) is 4.98 Å². The zero-order valence-corrected chi connectivity index (χ0v) is 11.8. The van der Waals surface area contributed by atoms with Gasteiger partial charge in [0.05, 0.1) is 12.7 Å². The first-order valence-electron chi connectivity index (χ1n) is 6.05. The molecule has 1 atom stereocenters. The van der Waals surface area contributed by atoms with Crippen LogP contribution in [0.2, 0.25) is 5.15 Å². The lowest BCUT2D eigenvalue weighted by molar-refractivity contribution is 0.0694. The van der Waals surface area contributed by atoms with E-state index in [1.54, 1.807) is 7.11 Å². The fraction of sp³-hybridized carbons (Fsp3) is 0.357. The Morgan fingerprint density at radius 3 is 2.89 bits per heavy atom. The Labute approximate surface area is 117 Å². The second kappa shape index (κ2) is 6.19. The number of aliphatic hydroxyl groups is 1. The molecule has 0 aliphatic carbocycles. The van der Waals surface area contributed by atoms with Crippen molar-refractivity contribution in [3.63, 3.8) is 0 Å². The Morgan fingerprint density at radius 2 is 2.16 bits per heavy atom. The zero-order chi connectivity index (χ0) is 13.8. The van der Waals surface area contributed by atoms with E-state index in [9.17, 15) is 5.11 Å². The van der Waals surface area contributed by atoms with E-state index in [0.717, 1.165) is 16.6 Å². The topological polar surface area (TPSA) is 45.6 Å². The van der Waals surface area contributed by atoms with Crippen molar-refractivity contribution in [2.24, 2.45) is 0 Å². The summed E-state index contributed by atoms with van der Waals surface area (Å²) in [4.78, 5) is 6.22. The quantitative estimate of drug-likeness (QED) is 0.854. The number of rotatable bonds is 5. The van der Waals surface area contributed by atoms with Crippen LogP contribution in [0.25, 0.3) is 10.8 Å². The minimum absolute atomic E-state index is 0.297. The van der Waals surface area contributed by atoms with Gasteiger partial charge < -0.3 is 14.7 Å². The first kappa shape index (κ1) is 14.1. The van der Waals surface area contributed by atoms with Gasteiger partial charge in [0, 0.05) is 26.1 Å². The minimum atomic E-state index is -0.554. The van der Waals surface area contributed by atoms with E-state index in [1.165, 1.54) is 0 Å². The number of ether oxygens (including phenoxy) is 1. The molecule has 1 aromatic carbocycles. The van der Waals surface area contributed by atoms with Gasteiger partial charge in [-0.05, 0) is 11.5 Å². The van der Waals surface area contributed by atoms with Crippen LogP contribution in [0.15, 0.2) is 30.3 Å². The molecule has 19 heavy (non-hydrogen) atoms. The molecule has 0 amide bonds. The van der Waals surface area contributed by atoms with Gasteiger partial charge in [-0.1, -0.05) is 35.9 Å². The van der Waals surface area contributed by atoms with E-state index in [0.29, 0.717) is 18.3 Å². The number of pyridine rings is 1. The average molecular weight is 281 g/mol. The number of hydrogen-bond donors (Lipinski definition) is 1. The van der Waals surface area contributed by atoms with Crippen molar-refractivity contribution >= 4 is 28.2 Å². The van der Waals surface area contributed by atoms with Gasteiger partial charge in [-0.25, -0.2) is 4.98 Å². The third kappa shape index (κ3) is 3.35. The molecule has 0 spiro atoms. The SMILES string of the molecule is COC[C@@H](O)CN(C)c1cc2ccccc2c(Cl)n1. The number of methoxy groups -OCH3 is 1. The van der Waals surface area contributed by atoms with Gasteiger partial charge >= 0.3 is 0 Å². The number of likely N-dealkylation sites (N-methyl/N-ethyl adjacent to an activating group) is 1. The first-order valence-corrected chi connectivity index (χ1v) is 6.43. The highest BCUT2D eigenvalue weighted by Crippen LogP contribution is 2.25. The van der Waals surface area contributed by atoms with E-state index in [-0.39, 0.29) is 0 Å². The maximum atomic E-state index is 9.74. The number of anilines is 1. The predicted molar refractivity (Wildman–Crippen MR) is 77.9 cm³/mol. The molecule has 2 rings (SSSR count). The van der Waals surface area contributed by atoms with Gasteiger partial charge in [-0.15, -0.1) is 0 Å². The summed E-state index contributed by atoms with van der Waals surface area (Å²) in [6.07, 6.45) is -0.554. The molecule has 1 N–H and O–H groups in total. The number of benzene rings is 1. The van der Waals surface area contributed by atoms with Crippen LogP contribution in [-0.4, -0.2) is 43.5 Å². The predicted octanol–water partition coefficient (Wildman–Crippen LogP) is 2.33. The molecule has 0 bridgehead atoms. The summed E-state index contributed by atoms with van der Waals surface area (Å²) in [5.74, 6) is 0.735. The van der Waals surface area contributed by atoms with Gasteiger partial charge in [0.15, 0.2) is 0 Å². The number of hydrogen-bond acceptors (Lipinski definition) is 4. The Kier molecular flexibility index (Phi) is 4.58. The van der Waals surface area contributed by atoms with Gasteiger partial charge in [0.2, 0.25) is 0 Å². The van der Waals surface area contributed by atoms with Crippen molar-refractivity contribution in [3.05, 3.63) is 35.5 Å². The molecule has 0 aliphatic rings. The Hall–Kier alpha value is -1.36. The second-order valence-electron chi connectivity index (χ2n) is 4.48. The van der Waals surface area contributed by atoms with Crippen LogP contribution in [0, 0.1) is 0 Å². The smallest absolute Gasteiger partial charge is 0.139 e. The molecule has 0 saturated carbocycles. The Bertz CT molecular complexity index is 562. The number of aliphatic hydroxyl groups excluding tert-OH is 1. The van der Waals surface area contributed by atoms with Crippen LogP contribution >= 0.6 is 11.6 Å². The van der Waals surface area contributed by atoms with Gasteiger partial charge in [0.1, 0.15) is 11.0 Å². The maximum absolute atomic E-state index is 9.74. The minimum Gasteiger partial charge on any atom is -0.389 e. The summed E-state index contributed by atoms with van der Waals surface area (Å²) in [7, 11) is 3.43. The number of nitrogens with zero attached hydrogens (tertiary/aromatic N) is 2. The molecule has 0 fully saturated rings. The molecule has 102 valence electrons. The van der Waals surface area contributed by atoms with Crippen LogP contribution in [0.4, 0.5) is 5.82 Å². The van der Waals surface area contributed by atoms with E-state index < -0.39 is 6.10 Å². The van der Waals surface area contributed by atoms with Crippen molar-refractivity contribution < 1.29 is 9.84 Å². The summed E-state index contributed by atoms with van der Waals surface area (Å²) in [6, 6.07) is 9.78. The largest absolute Gasteiger partial charge is 0.389 e. The van der Waals surface area contributed by atoms with Crippen molar-refractivity contribution in [2.45, 2.75) is 6.10 Å². The summed E-state index contributed by atoms with van der Waals surface area (Å²) < 4.78 is 4.91. The lowest BCUT2D eigenvalue weighted by Crippen LogP contribution is -2.32. The van der Waals surface area contributed by atoms with E-state index in [4.69, 9.17) is 16.3 Å². The molecular formula is C14H17ClN2O2. The molecular weight excluding hydrogens is 264 g/mol. The lowest BCUT2D eigenvalue weighted by atomic mass is 10.2. The molecule has 0 radical (unpaired) electrons. The third-order valence-electron chi connectivity index (χ3n) is 2.92.